The van der Waals surface area contributed by atoms with Crippen molar-refractivity contribution in [2.75, 3.05) is 0 Å². The molecule has 1 aromatic heterocycles. The Hall–Kier alpha value is -2.35. The van der Waals surface area contributed by atoms with E-state index in [2.05, 4.69) is 81.0 Å². The summed E-state index contributed by atoms with van der Waals surface area (Å²) >= 11 is 0. The van der Waals surface area contributed by atoms with Gasteiger partial charge in [0.25, 0.3) is 0 Å². The highest BCUT2D eigenvalue weighted by molar-refractivity contribution is 5.85. The topological polar surface area (TPSA) is 13.1 Å². The lowest BCUT2D eigenvalue weighted by Crippen LogP contribution is -2.44. The summed E-state index contributed by atoms with van der Waals surface area (Å²) in [5, 5.41) is 2.54. The molecule has 138 valence electrons. The maximum Gasteiger partial charge on any atom is 0.216 e. The Bertz CT molecular complexity index is 1060. The first kappa shape index (κ1) is 16.8. The summed E-state index contributed by atoms with van der Waals surface area (Å²) in [5.41, 5.74) is 5.22. The maximum atomic E-state index is 6.75. The molecule has 2 aliphatic rings. The summed E-state index contributed by atoms with van der Waals surface area (Å²) in [4.78, 5) is 0. The van der Waals surface area contributed by atoms with Crippen LogP contribution in [0.3, 0.4) is 0 Å². The average Bonchev–Trinajstić information content (AvgIpc) is 3.20. The molecule has 0 unspecified atom stereocenters. The van der Waals surface area contributed by atoms with Gasteiger partial charge in [0.2, 0.25) is 5.69 Å². The van der Waals surface area contributed by atoms with E-state index in [1.54, 1.807) is 0 Å². The lowest BCUT2D eigenvalue weighted by atomic mass is 9.69. The molecule has 0 saturated heterocycles. The number of hydrogen-bond donors (Lipinski definition) is 0. The maximum absolute atomic E-state index is 6.75. The minimum atomic E-state index is -0.149. The van der Waals surface area contributed by atoms with E-state index in [4.69, 9.17) is 4.74 Å². The van der Waals surface area contributed by atoms with E-state index in [0.29, 0.717) is 0 Å². The minimum absolute atomic E-state index is 0.149. The molecule has 0 N–H and O–H groups in total. The molecule has 0 atom stereocenters. The highest BCUT2D eigenvalue weighted by atomic mass is 16.5. The molecule has 3 aromatic rings. The third kappa shape index (κ3) is 2.22. The van der Waals surface area contributed by atoms with E-state index >= 15 is 0 Å². The zero-order valence-corrected chi connectivity index (χ0v) is 16.8. The van der Waals surface area contributed by atoms with Gasteiger partial charge in [-0.25, -0.2) is 4.57 Å². The molecule has 2 heterocycles. The van der Waals surface area contributed by atoms with Gasteiger partial charge in [0.1, 0.15) is 18.4 Å². The second-order valence-corrected chi connectivity index (χ2v) is 8.93. The summed E-state index contributed by atoms with van der Waals surface area (Å²) in [6.07, 6.45) is 7.31. The molecule has 2 aromatic carbocycles. The Labute approximate surface area is 161 Å². The van der Waals surface area contributed by atoms with E-state index in [9.17, 15) is 0 Å². The number of aryl methyl sites for hydroxylation is 2. The van der Waals surface area contributed by atoms with E-state index in [-0.39, 0.29) is 11.0 Å². The van der Waals surface area contributed by atoms with Gasteiger partial charge in [0.15, 0.2) is 6.20 Å². The Morgan fingerprint density at radius 1 is 0.963 bits per heavy atom. The fourth-order valence-corrected chi connectivity index (χ4v) is 5.55. The van der Waals surface area contributed by atoms with Crippen LogP contribution in [-0.2, 0) is 12.5 Å². The van der Waals surface area contributed by atoms with Gasteiger partial charge in [-0.3, -0.25) is 0 Å². The van der Waals surface area contributed by atoms with Gasteiger partial charge in [-0.05, 0) is 50.6 Å². The van der Waals surface area contributed by atoms with Crippen molar-refractivity contribution in [1.82, 2.24) is 0 Å². The number of nitrogens with zero attached hydrogens (tertiary/aromatic N) is 1. The van der Waals surface area contributed by atoms with Crippen LogP contribution in [0.15, 0.2) is 48.7 Å². The lowest BCUT2D eigenvalue weighted by Gasteiger charge is -2.36. The van der Waals surface area contributed by atoms with Crippen molar-refractivity contribution >= 4 is 10.8 Å². The van der Waals surface area contributed by atoms with Crippen molar-refractivity contribution in [2.45, 2.75) is 57.5 Å². The van der Waals surface area contributed by atoms with Crippen molar-refractivity contribution in [2.24, 2.45) is 7.05 Å². The molecule has 1 fully saturated rings. The Kier molecular flexibility index (Phi) is 3.47. The molecule has 1 aliphatic carbocycles. The SMILES string of the molecule is Cc1ccc2c(c1-c1cc3ccccc3c[n+]1C)OC(C)(C)C21CCCC1. The monoisotopic (exact) mass is 358 g/mol. The molecular weight excluding hydrogens is 330 g/mol. The number of pyridine rings is 1. The molecule has 1 saturated carbocycles. The smallest absolute Gasteiger partial charge is 0.216 e. The second-order valence-electron chi connectivity index (χ2n) is 8.93. The molecule has 0 bridgehead atoms. The predicted molar refractivity (Wildman–Crippen MR) is 110 cm³/mol. The van der Waals surface area contributed by atoms with E-state index < -0.39 is 0 Å². The van der Waals surface area contributed by atoms with Crippen LogP contribution in [0.25, 0.3) is 22.0 Å². The fraction of sp³-hybridized carbons (Fsp3) is 0.400. The molecule has 0 amide bonds. The van der Waals surface area contributed by atoms with Gasteiger partial charge in [-0.1, -0.05) is 43.2 Å². The zero-order chi connectivity index (χ0) is 18.8. The van der Waals surface area contributed by atoms with Crippen molar-refractivity contribution in [1.29, 1.82) is 0 Å². The molecule has 1 spiro atoms. The van der Waals surface area contributed by atoms with Crippen LogP contribution >= 0.6 is 0 Å². The second kappa shape index (κ2) is 5.58. The summed E-state index contributed by atoms with van der Waals surface area (Å²) < 4.78 is 9.00. The van der Waals surface area contributed by atoms with Gasteiger partial charge < -0.3 is 4.74 Å². The van der Waals surface area contributed by atoms with Crippen molar-refractivity contribution in [3.05, 3.63) is 59.8 Å². The molecular formula is C25H28NO+. The summed E-state index contributed by atoms with van der Waals surface area (Å²) in [6, 6.07) is 15.5. The Morgan fingerprint density at radius 3 is 2.41 bits per heavy atom. The number of ether oxygens (including phenoxy) is 1. The molecule has 2 heteroatoms. The minimum Gasteiger partial charge on any atom is -0.486 e. The van der Waals surface area contributed by atoms with E-state index in [1.165, 1.54) is 58.8 Å². The van der Waals surface area contributed by atoms with Gasteiger partial charge in [-0.2, -0.15) is 0 Å². The van der Waals surface area contributed by atoms with Gasteiger partial charge in [0, 0.05) is 22.4 Å². The van der Waals surface area contributed by atoms with Crippen molar-refractivity contribution in [3.8, 4) is 17.0 Å². The highest BCUT2D eigenvalue weighted by Crippen LogP contribution is 2.59. The van der Waals surface area contributed by atoms with Gasteiger partial charge in [0.05, 0.1) is 5.56 Å². The van der Waals surface area contributed by atoms with Crippen molar-refractivity contribution in [3.63, 3.8) is 0 Å². The number of benzene rings is 2. The predicted octanol–water partition coefficient (Wildman–Crippen LogP) is 5.62. The summed E-state index contributed by atoms with van der Waals surface area (Å²) in [5.74, 6) is 1.12. The van der Waals surface area contributed by atoms with Crippen LogP contribution in [0, 0.1) is 6.92 Å². The molecule has 1 aliphatic heterocycles. The third-order valence-electron chi connectivity index (χ3n) is 7.11. The van der Waals surface area contributed by atoms with Crippen LogP contribution in [0.2, 0.25) is 0 Å². The third-order valence-corrected chi connectivity index (χ3v) is 7.11. The van der Waals surface area contributed by atoms with Crippen LogP contribution in [0.4, 0.5) is 0 Å². The summed E-state index contributed by atoms with van der Waals surface area (Å²) in [7, 11) is 2.14. The first-order valence-corrected chi connectivity index (χ1v) is 10.1. The molecule has 5 rings (SSSR count). The normalized spacial score (nSPS) is 19.4. The number of hydrogen-bond acceptors (Lipinski definition) is 1. The van der Waals surface area contributed by atoms with E-state index in [1.807, 2.05) is 0 Å². The Balaban J connectivity index is 1.79. The highest BCUT2D eigenvalue weighted by Gasteiger charge is 2.56. The average molecular weight is 359 g/mol. The quantitative estimate of drug-likeness (QED) is 0.514. The van der Waals surface area contributed by atoms with Crippen LogP contribution in [-0.4, -0.2) is 5.60 Å². The van der Waals surface area contributed by atoms with Crippen LogP contribution < -0.4 is 9.30 Å². The summed E-state index contributed by atoms with van der Waals surface area (Å²) in [6.45, 7) is 6.79. The van der Waals surface area contributed by atoms with Gasteiger partial charge >= 0.3 is 0 Å². The lowest BCUT2D eigenvalue weighted by molar-refractivity contribution is -0.659. The molecule has 27 heavy (non-hydrogen) atoms. The number of fused-ring (bicyclic) bond motifs is 3. The molecule has 0 radical (unpaired) electrons. The molecule has 2 nitrogen and oxygen atoms in total. The number of rotatable bonds is 1. The first-order chi connectivity index (χ1) is 12.9. The fourth-order valence-electron chi connectivity index (χ4n) is 5.55. The van der Waals surface area contributed by atoms with E-state index in [0.717, 1.165) is 5.75 Å². The first-order valence-electron chi connectivity index (χ1n) is 10.1. The number of aromatic nitrogens is 1. The van der Waals surface area contributed by atoms with Crippen molar-refractivity contribution < 1.29 is 9.30 Å². The largest absolute Gasteiger partial charge is 0.486 e. The zero-order valence-electron chi connectivity index (χ0n) is 16.8. The van der Waals surface area contributed by atoms with Crippen LogP contribution in [0.1, 0.15) is 50.7 Å². The Morgan fingerprint density at radius 2 is 1.67 bits per heavy atom. The van der Waals surface area contributed by atoms with Crippen LogP contribution in [0.5, 0.6) is 5.75 Å². The standard InChI is InChI=1S/C25H28NO/c1-17-11-12-20-23(27-24(2,3)25(20)13-7-8-14-25)22(17)21-15-18-9-5-6-10-19(18)16-26(21)4/h5-6,9-12,15-16H,7-8,13-14H2,1-4H3/q+1. The van der Waals surface area contributed by atoms with Gasteiger partial charge in [-0.15, -0.1) is 0 Å².